The Morgan fingerprint density at radius 2 is 2.00 bits per heavy atom. The number of rotatable bonds is 6. The van der Waals surface area contributed by atoms with Gasteiger partial charge in [-0.15, -0.1) is 10.2 Å². The number of carbonyl (C=O) groups excluding carboxylic acids is 1. The molecule has 7 nitrogen and oxygen atoms in total. The quantitative estimate of drug-likeness (QED) is 0.560. The van der Waals surface area contributed by atoms with E-state index in [1.807, 2.05) is 4.90 Å². The molecule has 1 aromatic carbocycles. The number of hydrogen-bond acceptors (Lipinski definition) is 7. The van der Waals surface area contributed by atoms with Crippen molar-refractivity contribution in [1.29, 1.82) is 0 Å². The van der Waals surface area contributed by atoms with Crippen molar-refractivity contribution in [3.8, 4) is 11.7 Å². The molecule has 2 aromatic heterocycles. The van der Waals surface area contributed by atoms with Crippen LogP contribution in [0.1, 0.15) is 18.4 Å². The highest BCUT2D eigenvalue weighted by molar-refractivity contribution is 7.99. The third-order valence-electron chi connectivity index (χ3n) is 4.51. The Hall–Kier alpha value is -2.95. The van der Waals surface area contributed by atoms with Crippen LogP contribution in [0.2, 0.25) is 0 Å². The van der Waals surface area contributed by atoms with Crippen LogP contribution in [0, 0.1) is 0 Å². The van der Waals surface area contributed by atoms with Crippen LogP contribution in [0.25, 0.3) is 11.7 Å². The predicted octanol–water partition coefficient (Wildman–Crippen LogP) is 4.68. The first-order valence-corrected chi connectivity index (χ1v) is 10.1. The van der Waals surface area contributed by atoms with Gasteiger partial charge in [0, 0.05) is 13.1 Å². The van der Waals surface area contributed by atoms with Gasteiger partial charge in [0.15, 0.2) is 5.76 Å². The molecule has 11 heteroatoms. The first-order valence-electron chi connectivity index (χ1n) is 9.16. The van der Waals surface area contributed by atoms with E-state index in [4.69, 9.17) is 8.83 Å². The second kappa shape index (κ2) is 8.42. The number of hydrogen-bond donors (Lipinski definition) is 1. The second-order valence-corrected chi connectivity index (χ2v) is 7.54. The fourth-order valence-corrected chi connectivity index (χ4v) is 3.68. The van der Waals surface area contributed by atoms with E-state index in [-0.39, 0.29) is 16.9 Å². The highest BCUT2D eigenvalue weighted by Gasteiger charge is 2.32. The zero-order valence-corrected chi connectivity index (χ0v) is 16.4. The maximum Gasteiger partial charge on any atom is 0.416 e. The summed E-state index contributed by atoms with van der Waals surface area (Å²) >= 11 is 1.02. The SMILES string of the molecule is O=C(CSc1nnc(-c2ccco2)o1)Nc1ccc(C(F)(F)F)cc1N1CCCC1. The predicted molar refractivity (Wildman–Crippen MR) is 104 cm³/mol. The van der Waals surface area contributed by atoms with Crippen molar-refractivity contribution < 1.29 is 26.8 Å². The van der Waals surface area contributed by atoms with Gasteiger partial charge in [-0.2, -0.15) is 13.2 Å². The molecule has 3 heterocycles. The fraction of sp³-hybridized carbons (Fsp3) is 0.316. The molecule has 158 valence electrons. The summed E-state index contributed by atoms with van der Waals surface area (Å²) in [4.78, 5) is 14.2. The molecule has 1 aliphatic heterocycles. The number of amides is 1. The molecular weight excluding hydrogens is 421 g/mol. The summed E-state index contributed by atoms with van der Waals surface area (Å²) in [5.41, 5.74) is -0.0241. The fourth-order valence-electron chi connectivity index (χ4n) is 3.11. The molecule has 0 unspecified atom stereocenters. The first kappa shape index (κ1) is 20.3. The topological polar surface area (TPSA) is 84.4 Å². The number of nitrogens with zero attached hydrogens (tertiary/aromatic N) is 3. The lowest BCUT2D eigenvalue weighted by Gasteiger charge is -2.23. The molecule has 4 rings (SSSR count). The summed E-state index contributed by atoms with van der Waals surface area (Å²) in [6, 6.07) is 6.69. The third kappa shape index (κ3) is 4.61. The Bertz CT molecular complexity index is 1010. The lowest BCUT2D eigenvalue weighted by atomic mass is 10.1. The van der Waals surface area contributed by atoms with Crippen molar-refractivity contribution >= 4 is 29.0 Å². The van der Waals surface area contributed by atoms with Crippen molar-refractivity contribution in [2.75, 3.05) is 29.1 Å². The second-order valence-electron chi connectivity index (χ2n) is 6.61. The molecular formula is C19H17F3N4O3S. The number of benzene rings is 1. The molecule has 1 N–H and O–H groups in total. The smallest absolute Gasteiger partial charge is 0.416 e. The average Bonchev–Trinajstić information content (AvgIpc) is 3.48. The maximum absolute atomic E-state index is 13.1. The van der Waals surface area contributed by atoms with Crippen LogP contribution in [-0.2, 0) is 11.0 Å². The van der Waals surface area contributed by atoms with E-state index in [1.165, 1.54) is 12.3 Å². The van der Waals surface area contributed by atoms with Gasteiger partial charge in [0.1, 0.15) is 0 Å². The maximum atomic E-state index is 13.1. The molecule has 0 spiro atoms. The number of thioether (sulfide) groups is 1. The number of halogens is 3. The summed E-state index contributed by atoms with van der Waals surface area (Å²) < 4.78 is 50.0. The van der Waals surface area contributed by atoms with Crippen LogP contribution >= 0.6 is 11.8 Å². The summed E-state index contributed by atoms with van der Waals surface area (Å²) in [6.45, 7) is 1.30. The van der Waals surface area contributed by atoms with E-state index < -0.39 is 17.6 Å². The monoisotopic (exact) mass is 438 g/mol. The van der Waals surface area contributed by atoms with Crippen LogP contribution in [0.3, 0.4) is 0 Å². The van der Waals surface area contributed by atoms with Gasteiger partial charge >= 0.3 is 6.18 Å². The third-order valence-corrected chi connectivity index (χ3v) is 5.33. The molecule has 1 fully saturated rings. The zero-order chi connectivity index (χ0) is 21.1. The zero-order valence-electron chi connectivity index (χ0n) is 15.6. The number of alkyl halides is 3. The average molecular weight is 438 g/mol. The van der Waals surface area contributed by atoms with Gasteiger partial charge < -0.3 is 19.1 Å². The van der Waals surface area contributed by atoms with Gasteiger partial charge in [0.2, 0.25) is 5.91 Å². The van der Waals surface area contributed by atoms with Gasteiger partial charge in [0.25, 0.3) is 11.1 Å². The van der Waals surface area contributed by atoms with Gasteiger partial charge in [-0.3, -0.25) is 4.79 Å². The van der Waals surface area contributed by atoms with Crippen molar-refractivity contribution in [3.63, 3.8) is 0 Å². The molecule has 0 atom stereocenters. The number of anilines is 2. The molecule has 30 heavy (non-hydrogen) atoms. The van der Waals surface area contributed by atoms with Crippen molar-refractivity contribution in [2.24, 2.45) is 0 Å². The summed E-state index contributed by atoms with van der Waals surface area (Å²) in [5, 5.41) is 10.6. The van der Waals surface area contributed by atoms with Crippen LogP contribution in [-0.4, -0.2) is 34.9 Å². The van der Waals surface area contributed by atoms with Crippen molar-refractivity contribution in [1.82, 2.24) is 10.2 Å². The summed E-state index contributed by atoms with van der Waals surface area (Å²) in [6.07, 6.45) is -1.18. The Labute approximate surface area is 173 Å². The molecule has 0 saturated carbocycles. The van der Waals surface area contributed by atoms with E-state index in [9.17, 15) is 18.0 Å². The Morgan fingerprint density at radius 1 is 1.20 bits per heavy atom. The minimum absolute atomic E-state index is 0.0414. The highest BCUT2D eigenvalue weighted by atomic mass is 32.2. The highest BCUT2D eigenvalue weighted by Crippen LogP contribution is 2.37. The molecule has 1 amide bonds. The van der Waals surface area contributed by atoms with Gasteiger partial charge in [0.05, 0.1) is 29.0 Å². The van der Waals surface area contributed by atoms with Gasteiger partial charge in [-0.05, 0) is 43.2 Å². The molecule has 3 aromatic rings. The van der Waals surface area contributed by atoms with Crippen molar-refractivity contribution in [3.05, 3.63) is 42.2 Å². The summed E-state index contributed by atoms with van der Waals surface area (Å²) in [7, 11) is 0. The lowest BCUT2D eigenvalue weighted by molar-refractivity contribution is -0.137. The molecule has 0 radical (unpaired) electrons. The largest absolute Gasteiger partial charge is 0.459 e. The van der Waals surface area contributed by atoms with Gasteiger partial charge in [-0.1, -0.05) is 11.8 Å². The minimum Gasteiger partial charge on any atom is -0.459 e. The molecule has 0 aliphatic carbocycles. The van der Waals surface area contributed by atoms with E-state index in [0.29, 0.717) is 30.2 Å². The van der Waals surface area contributed by atoms with Crippen molar-refractivity contribution in [2.45, 2.75) is 24.2 Å². The van der Waals surface area contributed by atoms with E-state index in [2.05, 4.69) is 15.5 Å². The Morgan fingerprint density at radius 3 is 2.70 bits per heavy atom. The molecule has 1 saturated heterocycles. The lowest BCUT2D eigenvalue weighted by Crippen LogP contribution is -2.22. The molecule has 1 aliphatic rings. The minimum atomic E-state index is -4.45. The molecule has 0 bridgehead atoms. The number of furan rings is 1. The van der Waals surface area contributed by atoms with E-state index >= 15 is 0 Å². The van der Waals surface area contributed by atoms with Crippen LogP contribution in [0.15, 0.2) is 50.7 Å². The number of nitrogens with one attached hydrogen (secondary N) is 1. The summed E-state index contributed by atoms with van der Waals surface area (Å²) in [5.74, 6) is 0.180. The number of carbonyl (C=O) groups is 1. The standard InChI is InChI=1S/C19H17F3N4O3S/c20-19(21,22)12-5-6-13(14(10-12)26-7-1-2-8-26)23-16(27)11-30-18-25-24-17(29-18)15-4-3-9-28-15/h3-6,9-10H,1-2,7-8,11H2,(H,23,27). The normalized spacial score (nSPS) is 14.3. The Balaban J connectivity index is 1.43. The van der Waals surface area contributed by atoms with Crippen LogP contribution in [0.5, 0.6) is 0 Å². The Kier molecular flexibility index (Phi) is 5.71. The number of aromatic nitrogens is 2. The van der Waals surface area contributed by atoms with E-state index in [0.717, 1.165) is 36.7 Å². The first-order chi connectivity index (χ1) is 14.4. The van der Waals surface area contributed by atoms with E-state index in [1.54, 1.807) is 12.1 Å². The van der Waals surface area contributed by atoms with Crippen LogP contribution < -0.4 is 10.2 Å². The van der Waals surface area contributed by atoms with Crippen LogP contribution in [0.4, 0.5) is 24.5 Å². The van der Waals surface area contributed by atoms with Gasteiger partial charge in [-0.25, -0.2) is 0 Å².